The van der Waals surface area contributed by atoms with Crippen LogP contribution in [0.1, 0.15) is 42.9 Å². The fraction of sp³-hybridized carbons (Fsp3) is 0.571. The predicted molar refractivity (Wildman–Crippen MR) is 65.0 cm³/mol. The fourth-order valence-electron chi connectivity index (χ4n) is 2.59. The highest BCUT2D eigenvalue weighted by atomic mass is 19.3. The second-order valence-corrected chi connectivity index (χ2v) is 5.24. The van der Waals surface area contributed by atoms with E-state index in [9.17, 15) is 13.2 Å². The number of halogens is 3. The summed E-state index contributed by atoms with van der Waals surface area (Å²) in [5.41, 5.74) is 7.43. The maximum atomic E-state index is 13.7. The Balaban J connectivity index is 2.12. The third-order valence-electron chi connectivity index (χ3n) is 3.78. The summed E-state index contributed by atoms with van der Waals surface area (Å²) in [4.78, 5) is 0. The van der Waals surface area contributed by atoms with E-state index in [1.807, 2.05) is 6.92 Å². The molecule has 0 radical (unpaired) electrons. The van der Waals surface area contributed by atoms with Crippen molar-refractivity contribution >= 4 is 0 Å². The molecule has 1 fully saturated rings. The standard InChI is InChI=1S/C14H18F3N/c1-9-2-3-12(15)11(8-9)13(18)10-4-6-14(16,17)7-5-10/h2-3,8,10,13H,4-7,18H2,1H3. The second-order valence-electron chi connectivity index (χ2n) is 5.24. The number of nitrogens with two attached hydrogens (primary N) is 1. The molecule has 1 aliphatic rings. The lowest BCUT2D eigenvalue weighted by atomic mass is 9.80. The van der Waals surface area contributed by atoms with Gasteiger partial charge in [0.1, 0.15) is 5.82 Å². The summed E-state index contributed by atoms with van der Waals surface area (Å²) in [6.07, 6.45) is 0.445. The zero-order valence-electron chi connectivity index (χ0n) is 10.4. The molecule has 1 saturated carbocycles. The minimum Gasteiger partial charge on any atom is -0.324 e. The Bertz CT molecular complexity index is 421. The van der Waals surface area contributed by atoms with Crippen molar-refractivity contribution < 1.29 is 13.2 Å². The van der Waals surface area contributed by atoms with Crippen LogP contribution >= 0.6 is 0 Å². The quantitative estimate of drug-likeness (QED) is 0.852. The summed E-state index contributed by atoms with van der Waals surface area (Å²) < 4.78 is 39.8. The molecular weight excluding hydrogens is 239 g/mol. The molecule has 1 aliphatic carbocycles. The van der Waals surface area contributed by atoms with Crippen LogP contribution in [0.3, 0.4) is 0 Å². The number of rotatable bonds is 2. The first kappa shape index (κ1) is 13.4. The first-order valence-corrected chi connectivity index (χ1v) is 6.28. The number of benzene rings is 1. The van der Waals surface area contributed by atoms with Gasteiger partial charge in [0.2, 0.25) is 5.92 Å². The molecule has 18 heavy (non-hydrogen) atoms. The van der Waals surface area contributed by atoms with Crippen LogP contribution in [0.2, 0.25) is 0 Å². The van der Waals surface area contributed by atoms with E-state index in [1.54, 1.807) is 12.1 Å². The van der Waals surface area contributed by atoms with Gasteiger partial charge in [0.15, 0.2) is 0 Å². The van der Waals surface area contributed by atoms with Crippen molar-refractivity contribution in [2.24, 2.45) is 11.7 Å². The van der Waals surface area contributed by atoms with E-state index in [0.29, 0.717) is 18.4 Å². The number of hydrogen-bond donors (Lipinski definition) is 1. The molecule has 4 heteroatoms. The summed E-state index contributed by atoms with van der Waals surface area (Å²) in [5, 5.41) is 0. The summed E-state index contributed by atoms with van der Waals surface area (Å²) in [5.74, 6) is -2.96. The van der Waals surface area contributed by atoms with Gasteiger partial charge in [0.05, 0.1) is 0 Å². The van der Waals surface area contributed by atoms with Crippen LogP contribution in [0.15, 0.2) is 18.2 Å². The maximum absolute atomic E-state index is 13.7. The molecule has 0 spiro atoms. The highest BCUT2D eigenvalue weighted by Gasteiger charge is 2.37. The molecule has 0 heterocycles. The predicted octanol–water partition coefficient (Wildman–Crippen LogP) is 3.96. The SMILES string of the molecule is Cc1ccc(F)c(C(N)C2CCC(F)(F)CC2)c1. The molecule has 1 atom stereocenters. The van der Waals surface area contributed by atoms with Gasteiger partial charge in [-0.25, -0.2) is 13.2 Å². The lowest BCUT2D eigenvalue weighted by Gasteiger charge is -2.32. The van der Waals surface area contributed by atoms with Crippen LogP contribution < -0.4 is 5.73 Å². The average Bonchev–Trinajstić information content (AvgIpc) is 2.31. The molecule has 0 aliphatic heterocycles. The zero-order chi connectivity index (χ0) is 13.3. The van der Waals surface area contributed by atoms with Crippen molar-refractivity contribution in [2.45, 2.75) is 44.6 Å². The fourth-order valence-corrected chi connectivity index (χ4v) is 2.59. The van der Waals surface area contributed by atoms with Gasteiger partial charge in [-0.2, -0.15) is 0 Å². The zero-order valence-corrected chi connectivity index (χ0v) is 10.4. The molecule has 2 N–H and O–H groups in total. The van der Waals surface area contributed by atoms with Gasteiger partial charge in [0.25, 0.3) is 0 Å². The monoisotopic (exact) mass is 257 g/mol. The normalized spacial score (nSPS) is 21.8. The topological polar surface area (TPSA) is 26.0 Å². The minimum absolute atomic E-state index is 0.0547. The molecule has 1 aromatic rings. The Kier molecular flexibility index (Phi) is 3.66. The van der Waals surface area contributed by atoms with Crippen LogP contribution in [-0.4, -0.2) is 5.92 Å². The first-order chi connectivity index (χ1) is 8.39. The van der Waals surface area contributed by atoms with E-state index in [-0.39, 0.29) is 24.6 Å². The Morgan fingerprint density at radius 2 is 1.89 bits per heavy atom. The number of aryl methyl sites for hydroxylation is 1. The third-order valence-corrected chi connectivity index (χ3v) is 3.78. The van der Waals surface area contributed by atoms with Crippen LogP contribution in [0.5, 0.6) is 0 Å². The lowest BCUT2D eigenvalue weighted by molar-refractivity contribution is -0.0484. The van der Waals surface area contributed by atoms with E-state index in [1.165, 1.54) is 6.07 Å². The molecule has 100 valence electrons. The van der Waals surface area contributed by atoms with Crippen LogP contribution in [-0.2, 0) is 0 Å². The molecule has 0 bridgehead atoms. The summed E-state index contributed by atoms with van der Waals surface area (Å²) in [6.45, 7) is 1.87. The second kappa shape index (κ2) is 4.92. The van der Waals surface area contributed by atoms with Crippen LogP contribution in [0.25, 0.3) is 0 Å². The molecule has 1 nitrogen and oxygen atoms in total. The van der Waals surface area contributed by atoms with E-state index < -0.39 is 12.0 Å². The van der Waals surface area contributed by atoms with Crippen molar-refractivity contribution in [3.63, 3.8) is 0 Å². The number of alkyl halides is 2. The molecule has 1 unspecified atom stereocenters. The van der Waals surface area contributed by atoms with E-state index in [2.05, 4.69) is 0 Å². The lowest BCUT2D eigenvalue weighted by Crippen LogP contribution is -2.31. The highest BCUT2D eigenvalue weighted by molar-refractivity contribution is 5.27. The largest absolute Gasteiger partial charge is 0.324 e. The van der Waals surface area contributed by atoms with Gasteiger partial charge in [0, 0.05) is 24.4 Å². The van der Waals surface area contributed by atoms with Crippen molar-refractivity contribution in [1.29, 1.82) is 0 Å². The Morgan fingerprint density at radius 3 is 2.50 bits per heavy atom. The van der Waals surface area contributed by atoms with Gasteiger partial charge in [-0.1, -0.05) is 17.7 Å². The van der Waals surface area contributed by atoms with Crippen molar-refractivity contribution in [3.05, 3.63) is 35.1 Å². The summed E-state index contributed by atoms with van der Waals surface area (Å²) in [6, 6.07) is 4.30. The molecule has 2 rings (SSSR count). The number of hydrogen-bond acceptors (Lipinski definition) is 1. The van der Waals surface area contributed by atoms with E-state index in [0.717, 1.165) is 5.56 Å². The maximum Gasteiger partial charge on any atom is 0.248 e. The van der Waals surface area contributed by atoms with Crippen molar-refractivity contribution in [3.8, 4) is 0 Å². The van der Waals surface area contributed by atoms with Crippen molar-refractivity contribution in [2.75, 3.05) is 0 Å². The third kappa shape index (κ3) is 2.86. The van der Waals surface area contributed by atoms with Crippen LogP contribution in [0.4, 0.5) is 13.2 Å². The van der Waals surface area contributed by atoms with Gasteiger partial charge in [-0.15, -0.1) is 0 Å². The molecule has 0 saturated heterocycles. The van der Waals surface area contributed by atoms with Gasteiger partial charge in [-0.3, -0.25) is 0 Å². The Labute approximate surface area is 105 Å². The van der Waals surface area contributed by atoms with Gasteiger partial charge < -0.3 is 5.73 Å². The Hall–Kier alpha value is -1.03. The highest BCUT2D eigenvalue weighted by Crippen LogP contribution is 2.40. The molecule has 1 aromatic carbocycles. The average molecular weight is 257 g/mol. The molecular formula is C14H18F3N. The smallest absolute Gasteiger partial charge is 0.248 e. The van der Waals surface area contributed by atoms with E-state index in [4.69, 9.17) is 5.73 Å². The molecule has 0 aromatic heterocycles. The van der Waals surface area contributed by atoms with Gasteiger partial charge >= 0.3 is 0 Å². The molecule has 0 amide bonds. The summed E-state index contributed by atoms with van der Waals surface area (Å²) >= 11 is 0. The van der Waals surface area contributed by atoms with Gasteiger partial charge in [-0.05, 0) is 31.7 Å². The van der Waals surface area contributed by atoms with Crippen molar-refractivity contribution in [1.82, 2.24) is 0 Å². The Morgan fingerprint density at radius 1 is 1.28 bits per heavy atom. The minimum atomic E-state index is -2.57. The van der Waals surface area contributed by atoms with E-state index >= 15 is 0 Å². The summed E-state index contributed by atoms with van der Waals surface area (Å²) in [7, 11) is 0. The van der Waals surface area contributed by atoms with Crippen LogP contribution in [0, 0.1) is 18.7 Å². The first-order valence-electron chi connectivity index (χ1n) is 6.28.